The summed E-state index contributed by atoms with van der Waals surface area (Å²) in [5.74, 6) is -0.584. The normalized spacial score (nSPS) is 10.0. The van der Waals surface area contributed by atoms with Crippen molar-refractivity contribution in [1.82, 2.24) is 4.98 Å². The molecule has 0 aliphatic heterocycles. The molecule has 0 radical (unpaired) electrons. The number of hydrogen-bond acceptors (Lipinski definition) is 4. The predicted molar refractivity (Wildman–Crippen MR) is 69.6 cm³/mol. The third-order valence-electron chi connectivity index (χ3n) is 2.46. The molecule has 5 nitrogen and oxygen atoms in total. The number of pyridine rings is 1. The molecule has 6 heteroatoms. The van der Waals surface area contributed by atoms with Crippen LogP contribution < -0.4 is 15.8 Å². The largest absolute Gasteiger partial charge is 0.481 e. The van der Waals surface area contributed by atoms with Gasteiger partial charge in [-0.15, -0.1) is 0 Å². The molecule has 2 aromatic rings. The molecule has 0 aliphatic rings. The molecule has 2 rings (SSSR count). The van der Waals surface area contributed by atoms with Gasteiger partial charge >= 0.3 is 0 Å². The molecule has 19 heavy (non-hydrogen) atoms. The molecule has 1 aromatic heterocycles. The Morgan fingerprint density at radius 1 is 1.37 bits per heavy atom. The van der Waals surface area contributed by atoms with E-state index in [1.165, 1.54) is 25.4 Å². The Hall–Kier alpha value is -2.63. The molecule has 1 aromatic carbocycles. The monoisotopic (exact) mass is 261 g/mol. The lowest BCUT2D eigenvalue weighted by Crippen LogP contribution is -2.14. The van der Waals surface area contributed by atoms with Crippen molar-refractivity contribution in [3.05, 3.63) is 47.9 Å². The number of hydrogen-bond donors (Lipinski definition) is 2. The van der Waals surface area contributed by atoms with Gasteiger partial charge < -0.3 is 15.8 Å². The summed E-state index contributed by atoms with van der Waals surface area (Å²) < 4.78 is 18.0. The summed E-state index contributed by atoms with van der Waals surface area (Å²) in [4.78, 5) is 15.9. The van der Waals surface area contributed by atoms with Crippen molar-refractivity contribution in [2.75, 3.05) is 18.2 Å². The zero-order chi connectivity index (χ0) is 13.8. The number of carbonyl (C=O) groups excluding carboxylic acids is 1. The number of aromatic nitrogens is 1. The van der Waals surface area contributed by atoms with Crippen LogP contribution in [0.3, 0.4) is 0 Å². The Balaban J connectivity index is 2.18. The molecule has 3 N–H and O–H groups in total. The van der Waals surface area contributed by atoms with E-state index in [-0.39, 0.29) is 11.3 Å². The average Bonchev–Trinajstić information content (AvgIpc) is 2.42. The summed E-state index contributed by atoms with van der Waals surface area (Å²) in [5, 5.41) is 2.57. The lowest BCUT2D eigenvalue weighted by atomic mass is 10.1. The van der Waals surface area contributed by atoms with Crippen LogP contribution in [-0.4, -0.2) is 18.0 Å². The standard InChI is InChI=1S/C13H12FN3O2/c1-19-12-5-3-9(7-16-12)17-13(18)10-6-8(14)2-4-11(10)15/h2-7H,15H2,1H3,(H,17,18). The van der Waals surface area contributed by atoms with Gasteiger partial charge in [-0.1, -0.05) is 0 Å². The first kappa shape index (κ1) is 12.8. The zero-order valence-electron chi connectivity index (χ0n) is 10.2. The number of halogens is 1. The number of carbonyl (C=O) groups is 1. The van der Waals surface area contributed by atoms with Crippen LogP contribution in [-0.2, 0) is 0 Å². The highest BCUT2D eigenvalue weighted by atomic mass is 19.1. The van der Waals surface area contributed by atoms with Gasteiger partial charge in [0.25, 0.3) is 5.91 Å². The predicted octanol–water partition coefficient (Wildman–Crippen LogP) is 2.06. The van der Waals surface area contributed by atoms with Gasteiger partial charge in [0, 0.05) is 11.8 Å². The van der Waals surface area contributed by atoms with Crippen molar-refractivity contribution < 1.29 is 13.9 Å². The number of nitrogens with two attached hydrogens (primary N) is 1. The smallest absolute Gasteiger partial charge is 0.257 e. The second kappa shape index (κ2) is 5.34. The maximum atomic E-state index is 13.1. The zero-order valence-corrected chi connectivity index (χ0v) is 10.2. The summed E-state index contributed by atoms with van der Waals surface area (Å²) in [5.41, 5.74) is 6.38. The van der Waals surface area contributed by atoms with Crippen molar-refractivity contribution in [2.24, 2.45) is 0 Å². The van der Waals surface area contributed by atoms with Gasteiger partial charge in [0.05, 0.1) is 24.6 Å². The van der Waals surface area contributed by atoms with Gasteiger partial charge in [-0.3, -0.25) is 4.79 Å². The fourth-order valence-corrected chi connectivity index (χ4v) is 1.50. The third kappa shape index (κ3) is 2.98. The van der Waals surface area contributed by atoms with E-state index >= 15 is 0 Å². The van der Waals surface area contributed by atoms with Crippen LogP contribution in [0, 0.1) is 5.82 Å². The van der Waals surface area contributed by atoms with E-state index in [9.17, 15) is 9.18 Å². The molecule has 0 unspecified atom stereocenters. The Morgan fingerprint density at radius 2 is 2.16 bits per heavy atom. The molecule has 0 saturated carbocycles. The Kier molecular flexibility index (Phi) is 3.61. The van der Waals surface area contributed by atoms with Crippen LogP contribution in [0.4, 0.5) is 15.8 Å². The molecule has 0 spiro atoms. The lowest BCUT2D eigenvalue weighted by molar-refractivity contribution is 0.102. The van der Waals surface area contributed by atoms with Gasteiger partial charge in [0.15, 0.2) is 0 Å². The van der Waals surface area contributed by atoms with Crippen LogP contribution >= 0.6 is 0 Å². The highest BCUT2D eigenvalue weighted by Crippen LogP contribution is 2.16. The molecule has 0 aliphatic carbocycles. The minimum Gasteiger partial charge on any atom is -0.481 e. The first-order valence-electron chi connectivity index (χ1n) is 5.46. The molecule has 1 amide bonds. The van der Waals surface area contributed by atoms with E-state index in [1.807, 2.05) is 0 Å². The molecular formula is C13H12FN3O2. The van der Waals surface area contributed by atoms with Crippen LogP contribution in [0.15, 0.2) is 36.5 Å². The molecule has 0 saturated heterocycles. The molecule has 98 valence electrons. The maximum Gasteiger partial charge on any atom is 0.257 e. The van der Waals surface area contributed by atoms with Crippen molar-refractivity contribution in [3.63, 3.8) is 0 Å². The fourth-order valence-electron chi connectivity index (χ4n) is 1.50. The topological polar surface area (TPSA) is 77.2 Å². The maximum absolute atomic E-state index is 13.1. The minimum absolute atomic E-state index is 0.0795. The van der Waals surface area contributed by atoms with E-state index in [4.69, 9.17) is 10.5 Å². The van der Waals surface area contributed by atoms with E-state index in [2.05, 4.69) is 10.3 Å². The van der Waals surface area contributed by atoms with Crippen LogP contribution in [0.1, 0.15) is 10.4 Å². The fraction of sp³-hybridized carbons (Fsp3) is 0.0769. The molecule has 0 fully saturated rings. The Bertz CT molecular complexity index is 599. The van der Waals surface area contributed by atoms with Gasteiger partial charge in [-0.05, 0) is 24.3 Å². The van der Waals surface area contributed by atoms with Gasteiger partial charge in [-0.2, -0.15) is 0 Å². The van der Waals surface area contributed by atoms with Crippen molar-refractivity contribution in [1.29, 1.82) is 0 Å². The van der Waals surface area contributed by atoms with Crippen molar-refractivity contribution in [3.8, 4) is 5.88 Å². The summed E-state index contributed by atoms with van der Waals surface area (Å²) in [7, 11) is 1.49. The van der Waals surface area contributed by atoms with Gasteiger partial charge in [0.2, 0.25) is 5.88 Å². The number of nitrogen functional groups attached to an aromatic ring is 1. The number of ether oxygens (including phenoxy) is 1. The number of anilines is 2. The highest BCUT2D eigenvalue weighted by molar-refractivity contribution is 6.07. The SMILES string of the molecule is COc1ccc(NC(=O)c2cc(F)ccc2N)cn1. The first-order valence-corrected chi connectivity index (χ1v) is 5.46. The second-order valence-corrected chi connectivity index (χ2v) is 3.77. The number of nitrogens with zero attached hydrogens (tertiary/aromatic N) is 1. The lowest BCUT2D eigenvalue weighted by Gasteiger charge is -2.07. The summed E-state index contributed by atoms with van der Waals surface area (Å²) in [6.07, 6.45) is 1.44. The highest BCUT2D eigenvalue weighted by Gasteiger charge is 2.11. The van der Waals surface area contributed by atoms with Crippen LogP contribution in [0.2, 0.25) is 0 Å². The summed E-state index contributed by atoms with van der Waals surface area (Å²) in [6, 6.07) is 6.85. The molecule has 0 atom stereocenters. The second-order valence-electron chi connectivity index (χ2n) is 3.77. The first-order chi connectivity index (χ1) is 9.10. The summed E-state index contributed by atoms with van der Waals surface area (Å²) in [6.45, 7) is 0. The number of nitrogens with one attached hydrogen (secondary N) is 1. The van der Waals surface area contributed by atoms with E-state index < -0.39 is 11.7 Å². The van der Waals surface area contributed by atoms with Crippen LogP contribution in [0.5, 0.6) is 5.88 Å². The van der Waals surface area contributed by atoms with Gasteiger partial charge in [-0.25, -0.2) is 9.37 Å². The molecule has 1 heterocycles. The molecular weight excluding hydrogens is 249 g/mol. The molecule has 0 bridgehead atoms. The van der Waals surface area contributed by atoms with E-state index in [0.717, 1.165) is 6.07 Å². The Morgan fingerprint density at radius 3 is 2.79 bits per heavy atom. The average molecular weight is 261 g/mol. The van der Waals surface area contributed by atoms with Crippen LogP contribution in [0.25, 0.3) is 0 Å². The van der Waals surface area contributed by atoms with Crippen molar-refractivity contribution >= 4 is 17.3 Å². The van der Waals surface area contributed by atoms with Gasteiger partial charge in [0.1, 0.15) is 5.82 Å². The summed E-state index contributed by atoms with van der Waals surface area (Å²) >= 11 is 0. The number of amides is 1. The quantitative estimate of drug-likeness (QED) is 0.829. The minimum atomic E-state index is -0.521. The van der Waals surface area contributed by atoms with E-state index in [0.29, 0.717) is 11.6 Å². The van der Waals surface area contributed by atoms with E-state index in [1.54, 1.807) is 12.1 Å². The van der Waals surface area contributed by atoms with Crippen molar-refractivity contribution in [2.45, 2.75) is 0 Å². The number of benzene rings is 1. The Labute approximate surface area is 109 Å². The number of methoxy groups -OCH3 is 1. The number of rotatable bonds is 3. The third-order valence-corrected chi connectivity index (χ3v) is 2.46.